The Balaban J connectivity index is 2.97. The SMILES string of the molecule is CCCS(=O)(=O)Nc1cnccc1N(C)C. The van der Waals surface area contributed by atoms with E-state index in [9.17, 15) is 8.42 Å². The summed E-state index contributed by atoms with van der Waals surface area (Å²) in [5, 5.41) is 0. The molecule has 0 aliphatic rings. The molecule has 0 amide bonds. The van der Waals surface area contributed by atoms with Crippen LogP contribution in [0.4, 0.5) is 11.4 Å². The van der Waals surface area contributed by atoms with Crippen molar-refractivity contribution in [2.45, 2.75) is 13.3 Å². The maximum atomic E-state index is 11.6. The number of hydrogen-bond donors (Lipinski definition) is 1. The highest BCUT2D eigenvalue weighted by Gasteiger charge is 2.12. The van der Waals surface area contributed by atoms with Crippen molar-refractivity contribution in [3.63, 3.8) is 0 Å². The Labute approximate surface area is 96.5 Å². The van der Waals surface area contributed by atoms with E-state index in [1.165, 1.54) is 6.20 Å². The molecule has 0 atom stereocenters. The number of pyridine rings is 1. The van der Waals surface area contributed by atoms with Gasteiger partial charge in [-0.2, -0.15) is 0 Å². The Hall–Kier alpha value is -1.30. The molecule has 0 aromatic carbocycles. The van der Waals surface area contributed by atoms with E-state index in [1.807, 2.05) is 25.9 Å². The summed E-state index contributed by atoms with van der Waals surface area (Å²) in [6.07, 6.45) is 3.74. The summed E-state index contributed by atoms with van der Waals surface area (Å²) in [5.74, 6) is 0.120. The van der Waals surface area contributed by atoms with Gasteiger partial charge in [-0.05, 0) is 12.5 Å². The van der Waals surface area contributed by atoms with Gasteiger partial charge in [-0.1, -0.05) is 6.92 Å². The summed E-state index contributed by atoms with van der Waals surface area (Å²) in [4.78, 5) is 5.76. The molecular formula is C10H17N3O2S. The van der Waals surface area contributed by atoms with Crippen molar-refractivity contribution in [1.29, 1.82) is 0 Å². The molecule has 0 bridgehead atoms. The van der Waals surface area contributed by atoms with Crippen LogP contribution in [0.5, 0.6) is 0 Å². The molecule has 1 aromatic heterocycles. The molecule has 0 fully saturated rings. The van der Waals surface area contributed by atoms with Gasteiger partial charge in [-0.15, -0.1) is 0 Å². The number of nitrogens with zero attached hydrogens (tertiary/aromatic N) is 2. The van der Waals surface area contributed by atoms with E-state index in [2.05, 4.69) is 9.71 Å². The van der Waals surface area contributed by atoms with Gasteiger partial charge in [-0.25, -0.2) is 8.42 Å². The molecule has 0 spiro atoms. The standard InChI is InChI=1S/C10H17N3O2S/c1-4-7-16(14,15)12-9-8-11-6-5-10(9)13(2)3/h5-6,8,12H,4,7H2,1-3H3. The third kappa shape index (κ3) is 3.37. The summed E-state index contributed by atoms with van der Waals surface area (Å²) in [6.45, 7) is 1.83. The summed E-state index contributed by atoms with van der Waals surface area (Å²) in [5.41, 5.74) is 1.32. The van der Waals surface area contributed by atoms with E-state index in [-0.39, 0.29) is 5.75 Å². The first-order valence-electron chi connectivity index (χ1n) is 5.08. The average molecular weight is 243 g/mol. The molecular weight excluding hydrogens is 226 g/mol. The largest absolute Gasteiger partial charge is 0.376 e. The van der Waals surface area contributed by atoms with E-state index in [4.69, 9.17) is 0 Å². The zero-order valence-corrected chi connectivity index (χ0v) is 10.6. The predicted octanol–water partition coefficient (Wildman–Crippen LogP) is 1.30. The van der Waals surface area contributed by atoms with Crippen molar-refractivity contribution in [2.75, 3.05) is 29.5 Å². The van der Waals surface area contributed by atoms with Gasteiger partial charge in [0.15, 0.2) is 0 Å². The molecule has 0 aliphatic heterocycles. The Morgan fingerprint density at radius 1 is 1.44 bits per heavy atom. The Bertz CT molecular complexity index is 443. The molecule has 16 heavy (non-hydrogen) atoms. The molecule has 1 N–H and O–H groups in total. The molecule has 1 rings (SSSR count). The van der Waals surface area contributed by atoms with Crippen molar-refractivity contribution < 1.29 is 8.42 Å². The van der Waals surface area contributed by atoms with Crippen LogP contribution in [0.3, 0.4) is 0 Å². The zero-order valence-electron chi connectivity index (χ0n) is 9.77. The number of rotatable bonds is 5. The van der Waals surface area contributed by atoms with Crippen molar-refractivity contribution >= 4 is 21.4 Å². The second-order valence-corrected chi connectivity index (χ2v) is 5.55. The number of nitrogens with one attached hydrogen (secondary N) is 1. The Morgan fingerprint density at radius 3 is 2.69 bits per heavy atom. The van der Waals surface area contributed by atoms with E-state index >= 15 is 0 Å². The van der Waals surface area contributed by atoms with Crippen LogP contribution >= 0.6 is 0 Å². The van der Waals surface area contributed by atoms with Crippen molar-refractivity contribution in [3.05, 3.63) is 18.5 Å². The van der Waals surface area contributed by atoms with Crippen LogP contribution in [0.2, 0.25) is 0 Å². The highest BCUT2D eigenvalue weighted by molar-refractivity contribution is 7.92. The van der Waals surface area contributed by atoms with Crippen molar-refractivity contribution in [1.82, 2.24) is 4.98 Å². The minimum Gasteiger partial charge on any atom is -0.376 e. The molecule has 6 heteroatoms. The summed E-state index contributed by atoms with van der Waals surface area (Å²) < 4.78 is 25.8. The van der Waals surface area contributed by atoms with E-state index in [1.54, 1.807) is 12.3 Å². The number of sulfonamides is 1. The first kappa shape index (κ1) is 12.8. The monoisotopic (exact) mass is 243 g/mol. The van der Waals surface area contributed by atoms with Gasteiger partial charge in [0.05, 0.1) is 23.3 Å². The smallest absolute Gasteiger partial charge is 0.232 e. The van der Waals surface area contributed by atoms with Crippen molar-refractivity contribution in [2.24, 2.45) is 0 Å². The van der Waals surface area contributed by atoms with Gasteiger partial charge in [0.2, 0.25) is 10.0 Å². The van der Waals surface area contributed by atoms with Crippen LogP contribution in [-0.2, 0) is 10.0 Å². The van der Waals surface area contributed by atoms with E-state index < -0.39 is 10.0 Å². The van der Waals surface area contributed by atoms with E-state index in [0.29, 0.717) is 12.1 Å². The first-order valence-corrected chi connectivity index (χ1v) is 6.73. The lowest BCUT2D eigenvalue weighted by atomic mass is 10.3. The fourth-order valence-electron chi connectivity index (χ4n) is 1.34. The Morgan fingerprint density at radius 2 is 2.12 bits per heavy atom. The van der Waals surface area contributed by atoms with Gasteiger partial charge in [0.25, 0.3) is 0 Å². The summed E-state index contributed by atoms with van der Waals surface area (Å²) in [7, 11) is 0.451. The maximum Gasteiger partial charge on any atom is 0.232 e. The van der Waals surface area contributed by atoms with Gasteiger partial charge < -0.3 is 4.90 Å². The third-order valence-electron chi connectivity index (χ3n) is 2.02. The molecule has 0 saturated carbocycles. The number of anilines is 2. The molecule has 1 heterocycles. The fraction of sp³-hybridized carbons (Fsp3) is 0.500. The van der Waals surface area contributed by atoms with Crippen LogP contribution in [0.1, 0.15) is 13.3 Å². The van der Waals surface area contributed by atoms with Gasteiger partial charge in [0.1, 0.15) is 0 Å². The minimum atomic E-state index is -3.26. The number of hydrogen-bond acceptors (Lipinski definition) is 4. The zero-order chi connectivity index (χ0) is 12.2. The molecule has 0 aliphatic carbocycles. The average Bonchev–Trinajstić information content (AvgIpc) is 2.17. The normalized spacial score (nSPS) is 11.2. The van der Waals surface area contributed by atoms with Crippen LogP contribution < -0.4 is 9.62 Å². The highest BCUT2D eigenvalue weighted by Crippen LogP contribution is 2.23. The predicted molar refractivity (Wildman–Crippen MR) is 66.3 cm³/mol. The molecule has 90 valence electrons. The topological polar surface area (TPSA) is 62.3 Å². The fourth-order valence-corrected chi connectivity index (χ4v) is 2.47. The van der Waals surface area contributed by atoms with E-state index in [0.717, 1.165) is 5.69 Å². The lowest BCUT2D eigenvalue weighted by Gasteiger charge is -2.17. The first-order chi connectivity index (χ1) is 7.46. The lowest BCUT2D eigenvalue weighted by molar-refractivity contribution is 0.600. The molecule has 0 unspecified atom stereocenters. The molecule has 0 saturated heterocycles. The maximum absolute atomic E-state index is 11.6. The Kier molecular flexibility index (Phi) is 4.12. The van der Waals surface area contributed by atoms with Crippen LogP contribution in [0, 0.1) is 0 Å². The molecule has 0 radical (unpaired) electrons. The lowest BCUT2D eigenvalue weighted by Crippen LogP contribution is -2.19. The second-order valence-electron chi connectivity index (χ2n) is 3.71. The molecule has 5 nitrogen and oxygen atoms in total. The van der Waals surface area contributed by atoms with Crippen LogP contribution in [0.25, 0.3) is 0 Å². The van der Waals surface area contributed by atoms with Crippen LogP contribution in [-0.4, -0.2) is 33.2 Å². The second kappa shape index (κ2) is 5.16. The summed E-state index contributed by atoms with van der Waals surface area (Å²) >= 11 is 0. The highest BCUT2D eigenvalue weighted by atomic mass is 32.2. The van der Waals surface area contributed by atoms with Gasteiger partial charge >= 0.3 is 0 Å². The minimum absolute atomic E-state index is 0.120. The van der Waals surface area contributed by atoms with Crippen molar-refractivity contribution in [3.8, 4) is 0 Å². The molecule has 1 aromatic rings. The van der Waals surface area contributed by atoms with Gasteiger partial charge in [-0.3, -0.25) is 9.71 Å². The summed E-state index contributed by atoms with van der Waals surface area (Å²) in [6, 6.07) is 1.77. The van der Waals surface area contributed by atoms with Gasteiger partial charge in [0, 0.05) is 20.3 Å². The third-order valence-corrected chi connectivity index (χ3v) is 3.49. The quantitative estimate of drug-likeness (QED) is 0.846. The van der Waals surface area contributed by atoms with Crippen LogP contribution in [0.15, 0.2) is 18.5 Å². The number of aromatic nitrogens is 1.